The lowest BCUT2D eigenvalue weighted by Gasteiger charge is -2.07. The molecular formula is C21H17FN4O. The summed E-state index contributed by atoms with van der Waals surface area (Å²) in [6.45, 7) is 0.531. The predicted molar refractivity (Wildman–Crippen MR) is 101 cm³/mol. The van der Waals surface area contributed by atoms with Crippen LogP contribution in [0.5, 0.6) is 0 Å². The van der Waals surface area contributed by atoms with Crippen molar-refractivity contribution >= 4 is 11.6 Å². The number of amides is 1. The van der Waals surface area contributed by atoms with E-state index in [9.17, 15) is 9.18 Å². The fourth-order valence-corrected chi connectivity index (χ4v) is 2.95. The molecule has 1 amide bonds. The van der Waals surface area contributed by atoms with Crippen molar-refractivity contribution in [2.45, 2.75) is 6.42 Å². The molecule has 0 unspecified atom stereocenters. The Labute approximate surface area is 155 Å². The third-order valence-electron chi connectivity index (χ3n) is 4.32. The van der Waals surface area contributed by atoms with Gasteiger partial charge in [0.2, 0.25) is 0 Å². The second kappa shape index (κ2) is 7.37. The van der Waals surface area contributed by atoms with Crippen LogP contribution in [0.4, 0.5) is 4.39 Å². The zero-order valence-electron chi connectivity index (χ0n) is 14.5. The number of halogens is 1. The molecule has 2 heterocycles. The Hall–Kier alpha value is -3.54. The van der Waals surface area contributed by atoms with Crippen LogP contribution in [0.2, 0.25) is 0 Å². The summed E-state index contributed by atoms with van der Waals surface area (Å²) in [4.78, 5) is 12.6. The summed E-state index contributed by atoms with van der Waals surface area (Å²) in [6.07, 6.45) is 2.54. The molecule has 4 rings (SSSR count). The Balaban J connectivity index is 1.55. The quantitative estimate of drug-likeness (QED) is 0.592. The highest BCUT2D eigenvalue weighted by molar-refractivity contribution is 5.99. The van der Waals surface area contributed by atoms with Crippen LogP contribution in [0.3, 0.4) is 0 Å². The molecule has 0 saturated carbocycles. The van der Waals surface area contributed by atoms with Crippen molar-refractivity contribution in [1.82, 2.24) is 19.9 Å². The normalized spacial score (nSPS) is 10.9. The lowest BCUT2D eigenvalue weighted by Crippen LogP contribution is -2.26. The number of benzene rings is 2. The van der Waals surface area contributed by atoms with E-state index in [0.29, 0.717) is 23.6 Å². The zero-order chi connectivity index (χ0) is 18.6. The van der Waals surface area contributed by atoms with Gasteiger partial charge >= 0.3 is 0 Å². The largest absolute Gasteiger partial charge is 0.352 e. The Bertz CT molecular complexity index is 1070. The minimum Gasteiger partial charge on any atom is -0.352 e. The van der Waals surface area contributed by atoms with Crippen LogP contribution >= 0.6 is 0 Å². The molecule has 0 spiro atoms. The van der Waals surface area contributed by atoms with Crippen molar-refractivity contribution in [2.75, 3.05) is 6.54 Å². The van der Waals surface area contributed by atoms with Crippen molar-refractivity contribution < 1.29 is 9.18 Å². The molecule has 0 atom stereocenters. The van der Waals surface area contributed by atoms with Gasteiger partial charge in [0.25, 0.3) is 5.91 Å². The number of nitrogens with zero attached hydrogens (tertiary/aromatic N) is 3. The van der Waals surface area contributed by atoms with E-state index in [0.717, 1.165) is 17.5 Å². The van der Waals surface area contributed by atoms with E-state index < -0.39 is 0 Å². The number of pyridine rings is 1. The van der Waals surface area contributed by atoms with E-state index in [-0.39, 0.29) is 11.7 Å². The molecule has 0 fully saturated rings. The Morgan fingerprint density at radius 3 is 2.52 bits per heavy atom. The molecule has 0 aliphatic carbocycles. The predicted octanol–water partition coefficient (Wildman–Crippen LogP) is 3.51. The third kappa shape index (κ3) is 3.55. The number of hydrogen-bond acceptors (Lipinski definition) is 3. The van der Waals surface area contributed by atoms with E-state index in [2.05, 4.69) is 15.5 Å². The molecule has 0 saturated heterocycles. The smallest absolute Gasteiger partial charge is 0.255 e. The van der Waals surface area contributed by atoms with Gasteiger partial charge in [-0.25, -0.2) is 4.39 Å². The maximum atomic E-state index is 13.2. The number of aromatic nitrogens is 3. The first kappa shape index (κ1) is 16.9. The van der Waals surface area contributed by atoms with Crippen LogP contribution in [-0.4, -0.2) is 27.0 Å². The van der Waals surface area contributed by atoms with Gasteiger partial charge in [0.1, 0.15) is 5.82 Å². The Morgan fingerprint density at radius 2 is 1.74 bits per heavy atom. The van der Waals surface area contributed by atoms with Crippen LogP contribution in [-0.2, 0) is 6.42 Å². The standard InChI is InChI=1S/C21H17FN4O/c22-17-10-8-16(9-11-17)19-24-25-20-18(7-4-14-26(19)20)21(27)23-13-12-15-5-2-1-3-6-15/h1-11,14H,12-13H2,(H,23,27). The van der Waals surface area contributed by atoms with Crippen molar-refractivity contribution in [1.29, 1.82) is 0 Å². The molecule has 6 heteroatoms. The van der Waals surface area contributed by atoms with Crippen molar-refractivity contribution in [3.63, 3.8) is 0 Å². The van der Waals surface area contributed by atoms with Gasteiger partial charge in [0, 0.05) is 18.3 Å². The molecule has 2 aromatic heterocycles. The van der Waals surface area contributed by atoms with Crippen molar-refractivity contribution in [3.8, 4) is 11.4 Å². The Morgan fingerprint density at radius 1 is 0.963 bits per heavy atom. The molecule has 27 heavy (non-hydrogen) atoms. The lowest BCUT2D eigenvalue weighted by atomic mass is 10.1. The second-order valence-corrected chi connectivity index (χ2v) is 6.14. The van der Waals surface area contributed by atoms with Crippen LogP contribution in [0, 0.1) is 5.82 Å². The molecule has 0 aliphatic rings. The molecule has 5 nitrogen and oxygen atoms in total. The number of nitrogens with one attached hydrogen (secondary N) is 1. The molecular weight excluding hydrogens is 343 g/mol. The Kier molecular flexibility index (Phi) is 4.61. The van der Waals surface area contributed by atoms with Gasteiger partial charge in [0.15, 0.2) is 11.5 Å². The average molecular weight is 360 g/mol. The van der Waals surface area contributed by atoms with Gasteiger partial charge in [-0.15, -0.1) is 10.2 Å². The summed E-state index contributed by atoms with van der Waals surface area (Å²) in [7, 11) is 0. The first-order chi connectivity index (χ1) is 13.2. The number of hydrogen-bond donors (Lipinski definition) is 1. The molecule has 134 valence electrons. The van der Waals surface area contributed by atoms with Gasteiger partial charge in [-0.2, -0.15) is 0 Å². The summed E-state index contributed by atoms with van der Waals surface area (Å²) in [5.74, 6) is 0.0459. The lowest BCUT2D eigenvalue weighted by molar-refractivity contribution is 0.0955. The minimum atomic E-state index is -0.314. The molecule has 0 radical (unpaired) electrons. The van der Waals surface area contributed by atoms with E-state index in [4.69, 9.17) is 0 Å². The minimum absolute atomic E-state index is 0.199. The number of carbonyl (C=O) groups is 1. The zero-order valence-corrected chi connectivity index (χ0v) is 14.5. The van der Waals surface area contributed by atoms with Crippen molar-refractivity contribution in [2.24, 2.45) is 0 Å². The van der Waals surface area contributed by atoms with E-state index >= 15 is 0 Å². The summed E-state index contributed by atoms with van der Waals surface area (Å²) in [6, 6.07) is 19.5. The van der Waals surface area contributed by atoms with Gasteiger partial charge in [-0.1, -0.05) is 30.3 Å². The van der Waals surface area contributed by atoms with Crippen LogP contribution in [0.1, 0.15) is 15.9 Å². The van der Waals surface area contributed by atoms with Crippen LogP contribution < -0.4 is 5.32 Å². The molecule has 0 bridgehead atoms. The summed E-state index contributed by atoms with van der Waals surface area (Å²) < 4.78 is 14.9. The summed E-state index contributed by atoms with van der Waals surface area (Å²) >= 11 is 0. The molecule has 0 aliphatic heterocycles. The third-order valence-corrected chi connectivity index (χ3v) is 4.32. The maximum absolute atomic E-state index is 13.2. The first-order valence-electron chi connectivity index (χ1n) is 8.64. The van der Waals surface area contributed by atoms with E-state index in [1.165, 1.54) is 12.1 Å². The van der Waals surface area contributed by atoms with Gasteiger partial charge in [-0.3, -0.25) is 9.20 Å². The first-order valence-corrected chi connectivity index (χ1v) is 8.64. The average Bonchev–Trinajstić information content (AvgIpc) is 3.13. The molecule has 4 aromatic rings. The maximum Gasteiger partial charge on any atom is 0.255 e. The highest BCUT2D eigenvalue weighted by atomic mass is 19.1. The number of carbonyl (C=O) groups excluding carboxylic acids is 1. The highest BCUT2D eigenvalue weighted by Gasteiger charge is 2.15. The monoisotopic (exact) mass is 360 g/mol. The van der Waals surface area contributed by atoms with Crippen LogP contribution in [0.15, 0.2) is 72.9 Å². The summed E-state index contributed by atoms with van der Waals surface area (Å²) in [5.41, 5.74) is 2.81. The van der Waals surface area contributed by atoms with Gasteiger partial charge in [-0.05, 0) is 48.4 Å². The SMILES string of the molecule is O=C(NCCc1ccccc1)c1cccn2c(-c3ccc(F)cc3)nnc12. The van der Waals surface area contributed by atoms with Crippen molar-refractivity contribution in [3.05, 3.63) is 89.9 Å². The fraction of sp³-hybridized carbons (Fsp3) is 0.0952. The number of fused-ring (bicyclic) bond motifs is 1. The second-order valence-electron chi connectivity index (χ2n) is 6.14. The van der Waals surface area contributed by atoms with Gasteiger partial charge < -0.3 is 5.32 Å². The fourth-order valence-electron chi connectivity index (χ4n) is 2.95. The summed E-state index contributed by atoms with van der Waals surface area (Å²) in [5, 5.41) is 11.3. The molecule has 2 aromatic carbocycles. The number of rotatable bonds is 5. The highest BCUT2D eigenvalue weighted by Crippen LogP contribution is 2.20. The molecule has 1 N–H and O–H groups in total. The topological polar surface area (TPSA) is 59.3 Å². The van der Waals surface area contributed by atoms with E-state index in [1.807, 2.05) is 30.3 Å². The van der Waals surface area contributed by atoms with Crippen LogP contribution in [0.25, 0.3) is 17.0 Å². The van der Waals surface area contributed by atoms with E-state index in [1.54, 1.807) is 34.9 Å². The van der Waals surface area contributed by atoms with Gasteiger partial charge in [0.05, 0.1) is 5.56 Å².